The van der Waals surface area contributed by atoms with E-state index in [-0.39, 0.29) is 6.61 Å². The van der Waals surface area contributed by atoms with E-state index in [2.05, 4.69) is 19.1 Å². The molecule has 0 saturated heterocycles. The van der Waals surface area contributed by atoms with E-state index in [1.165, 1.54) is 116 Å². The molecule has 0 fully saturated rings. The highest BCUT2D eigenvalue weighted by Crippen LogP contribution is 2.12. The zero-order valence-electron chi connectivity index (χ0n) is 18.3. The fourth-order valence-corrected chi connectivity index (χ4v) is 3.10. The molecule has 0 unspecified atom stereocenters. The molecule has 26 heavy (non-hydrogen) atoms. The van der Waals surface area contributed by atoms with Crippen molar-refractivity contribution in [2.24, 2.45) is 5.73 Å². The maximum atomic E-state index is 7.57. The van der Waals surface area contributed by atoms with E-state index in [1.54, 1.807) is 6.92 Å². The highest BCUT2D eigenvalue weighted by molar-refractivity contribution is 4.81. The van der Waals surface area contributed by atoms with Crippen molar-refractivity contribution in [2.75, 3.05) is 13.2 Å². The van der Waals surface area contributed by atoms with Crippen molar-refractivity contribution in [2.45, 2.75) is 129 Å². The Morgan fingerprint density at radius 3 is 1.19 bits per heavy atom. The van der Waals surface area contributed by atoms with Crippen LogP contribution in [0.5, 0.6) is 0 Å². The number of hydrogen-bond acceptors (Lipinski definition) is 2. The Morgan fingerprint density at radius 2 is 0.846 bits per heavy atom. The van der Waals surface area contributed by atoms with E-state index in [1.807, 2.05) is 0 Å². The van der Waals surface area contributed by atoms with Crippen LogP contribution in [0.2, 0.25) is 0 Å². The number of rotatable bonds is 19. The summed E-state index contributed by atoms with van der Waals surface area (Å²) >= 11 is 0. The van der Waals surface area contributed by atoms with Gasteiger partial charge >= 0.3 is 0 Å². The average molecular weight is 370 g/mol. The van der Waals surface area contributed by atoms with E-state index in [4.69, 9.17) is 10.8 Å². The average Bonchev–Trinajstić information content (AvgIpc) is 2.64. The van der Waals surface area contributed by atoms with Crippen LogP contribution < -0.4 is 5.73 Å². The number of aliphatic hydroxyl groups is 1. The monoisotopic (exact) mass is 369 g/mol. The molecule has 158 valence electrons. The van der Waals surface area contributed by atoms with Gasteiger partial charge in [0.05, 0.1) is 0 Å². The molecule has 0 aromatic heterocycles. The zero-order chi connectivity index (χ0) is 19.6. The van der Waals surface area contributed by atoms with Crippen LogP contribution in [0.25, 0.3) is 0 Å². The van der Waals surface area contributed by atoms with Crippen LogP contribution in [0.1, 0.15) is 129 Å². The third-order valence-corrected chi connectivity index (χ3v) is 4.72. The lowest BCUT2D eigenvalue weighted by atomic mass is 10.1. The standard InChI is InChI=1S/C22H45N.C2H6O/c1-2-3-4-5-6-7-8-9-10-11-12-13-14-15-16-17-18-19-20-21-22-23;1-2-3/h9-10H,2-8,11-23H2,1H3;3H,2H2,1H3/b10-9-;. The minimum Gasteiger partial charge on any atom is -0.397 e. The van der Waals surface area contributed by atoms with Gasteiger partial charge in [0.15, 0.2) is 0 Å². The first-order chi connectivity index (χ1) is 12.8. The largest absolute Gasteiger partial charge is 0.397 e. The summed E-state index contributed by atoms with van der Waals surface area (Å²) in [5.41, 5.74) is 5.50. The smallest absolute Gasteiger partial charge is 0.0402 e. The van der Waals surface area contributed by atoms with Crippen molar-refractivity contribution in [1.82, 2.24) is 0 Å². The molecule has 0 heterocycles. The quantitative estimate of drug-likeness (QED) is 0.182. The van der Waals surface area contributed by atoms with Crippen molar-refractivity contribution >= 4 is 0 Å². The minimum absolute atomic E-state index is 0.250. The molecule has 0 rings (SSSR count). The summed E-state index contributed by atoms with van der Waals surface area (Å²) in [6, 6.07) is 0. The topological polar surface area (TPSA) is 46.2 Å². The normalized spacial score (nSPS) is 10.9. The summed E-state index contributed by atoms with van der Waals surface area (Å²) in [6.07, 6.45) is 29.8. The molecule has 0 amide bonds. The molecule has 0 aromatic rings. The van der Waals surface area contributed by atoms with E-state index < -0.39 is 0 Å². The maximum absolute atomic E-state index is 7.57. The molecule has 0 bridgehead atoms. The third-order valence-electron chi connectivity index (χ3n) is 4.72. The van der Waals surface area contributed by atoms with E-state index >= 15 is 0 Å². The summed E-state index contributed by atoms with van der Waals surface area (Å²) in [5.74, 6) is 0. The summed E-state index contributed by atoms with van der Waals surface area (Å²) in [6.45, 7) is 5.08. The van der Waals surface area contributed by atoms with Crippen molar-refractivity contribution < 1.29 is 5.11 Å². The van der Waals surface area contributed by atoms with Crippen LogP contribution in [-0.4, -0.2) is 18.3 Å². The lowest BCUT2D eigenvalue weighted by molar-refractivity contribution is 0.318. The Kier molecular flexibility index (Phi) is 31.5. The minimum atomic E-state index is 0.250. The van der Waals surface area contributed by atoms with Crippen LogP contribution in [0.15, 0.2) is 12.2 Å². The Morgan fingerprint density at radius 1 is 0.538 bits per heavy atom. The fraction of sp³-hybridized carbons (Fsp3) is 0.917. The molecule has 0 aliphatic rings. The predicted molar refractivity (Wildman–Crippen MR) is 120 cm³/mol. The highest BCUT2D eigenvalue weighted by atomic mass is 16.2. The number of hydrogen-bond donors (Lipinski definition) is 2. The Bertz CT molecular complexity index is 240. The van der Waals surface area contributed by atoms with Gasteiger partial charge in [0.25, 0.3) is 0 Å². The first-order valence-electron chi connectivity index (χ1n) is 11.8. The number of allylic oxidation sites excluding steroid dienone is 2. The van der Waals surface area contributed by atoms with Crippen molar-refractivity contribution in [1.29, 1.82) is 0 Å². The molecule has 3 N–H and O–H groups in total. The zero-order valence-corrected chi connectivity index (χ0v) is 18.3. The third kappa shape index (κ3) is 31.4. The molecule has 0 atom stereocenters. The number of aliphatic hydroxyl groups excluding tert-OH is 1. The molecule has 2 nitrogen and oxygen atoms in total. The highest BCUT2D eigenvalue weighted by Gasteiger charge is 1.92. The Hall–Kier alpha value is -0.340. The molecular weight excluding hydrogens is 318 g/mol. The lowest BCUT2D eigenvalue weighted by Crippen LogP contribution is -1.97. The van der Waals surface area contributed by atoms with Gasteiger partial charge in [-0.25, -0.2) is 0 Å². The lowest BCUT2D eigenvalue weighted by Gasteiger charge is -2.01. The van der Waals surface area contributed by atoms with Crippen LogP contribution in [0.3, 0.4) is 0 Å². The van der Waals surface area contributed by atoms with Gasteiger partial charge in [-0.15, -0.1) is 0 Å². The molecule has 0 aliphatic heterocycles. The summed E-state index contributed by atoms with van der Waals surface area (Å²) in [5, 5.41) is 7.57. The van der Waals surface area contributed by atoms with Gasteiger partial charge in [-0.1, -0.05) is 103 Å². The SMILES string of the molecule is CCCCCCCC/C=C\CCCCCCCCCCCCN.CCO. The van der Waals surface area contributed by atoms with Gasteiger partial charge in [0.2, 0.25) is 0 Å². The van der Waals surface area contributed by atoms with Crippen LogP contribution in [0, 0.1) is 0 Å². The number of unbranched alkanes of at least 4 members (excludes halogenated alkanes) is 16. The van der Waals surface area contributed by atoms with E-state index in [9.17, 15) is 0 Å². The Balaban J connectivity index is 0. The van der Waals surface area contributed by atoms with Crippen molar-refractivity contribution in [3.63, 3.8) is 0 Å². The first kappa shape index (κ1) is 27.9. The van der Waals surface area contributed by atoms with Gasteiger partial charge in [0, 0.05) is 6.61 Å². The predicted octanol–water partition coefficient (Wildman–Crippen LogP) is 7.54. The van der Waals surface area contributed by atoms with E-state index in [0.29, 0.717) is 0 Å². The van der Waals surface area contributed by atoms with Gasteiger partial charge in [-0.2, -0.15) is 0 Å². The second-order valence-corrected chi connectivity index (χ2v) is 7.46. The maximum Gasteiger partial charge on any atom is 0.0402 e. The second kappa shape index (κ2) is 29.4. The Labute approximate surface area is 166 Å². The van der Waals surface area contributed by atoms with Crippen molar-refractivity contribution in [3.8, 4) is 0 Å². The molecule has 0 radical (unpaired) electrons. The molecule has 0 aromatic carbocycles. The van der Waals surface area contributed by atoms with Crippen LogP contribution in [-0.2, 0) is 0 Å². The van der Waals surface area contributed by atoms with Gasteiger partial charge < -0.3 is 10.8 Å². The molecule has 0 saturated carbocycles. The number of nitrogens with two attached hydrogens (primary N) is 1. The van der Waals surface area contributed by atoms with Crippen LogP contribution >= 0.6 is 0 Å². The summed E-state index contributed by atoms with van der Waals surface area (Å²) in [4.78, 5) is 0. The molecule has 0 spiro atoms. The van der Waals surface area contributed by atoms with Gasteiger partial charge in [-0.05, 0) is 45.6 Å². The van der Waals surface area contributed by atoms with Crippen molar-refractivity contribution in [3.05, 3.63) is 12.2 Å². The molecule has 0 aliphatic carbocycles. The van der Waals surface area contributed by atoms with E-state index in [0.717, 1.165) is 6.54 Å². The summed E-state index contributed by atoms with van der Waals surface area (Å²) in [7, 11) is 0. The fourth-order valence-electron chi connectivity index (χ4n) is 3.10. The van der Waals surface area contributed by atoms with Gasteiger partial charge in [-0.3, -0.25) is 0 Å². The molecule has 2 heteroatoms. The molecular formula is C24H51NO. The second-order valence-electron chi connectivity index (χ2n) is 7.46. The first-order valence-corrected chi connectivity index (χ1v) is 11.8. The summed E-state index contributed by atoms with van der Waals surface area (Å²) < 4.78 is 0. The van der Waals surface area contributed by atoms with Crippen LogP contribution in [0.4, 0.5) is 0 Å². The van der Waals surface area contributed by atoms with Gasteiger partial charge in [0.1, 0.15) is 0 Å².